The van der Waals surface area contributed by atoms with E-state index in [0.717, 1.165) is 0 Å². The van der Waals surface area contributed by atoms with Crippen LogP contribution in [-0.2, 0) is 0 Å². The van der Waals surface area contributed by atoms with E-state index in [1.165, 1.54) is 36.4 Å². The molecule has 0 aliphatic heterocycles. The smallest absolute Gasteiger partial charge is 0.150 e. The van der Waals surface area contributed by atoms with E-state index in [4.69, 9.17) is 21.0 Å². The molecule has 0 bridgehead atoms. The van der Waals surface area contributed by atoms with Gasteiger partial charge < -0.3 is 10.5 Å². The standard InChI is InChI=1S/C14H8FN3O/c15-11-2-1-3-13(10(11)8-17)19-14-5-4-9(7-16)6-12(14)18/h1-6H,18H2. The summed E-state index contributed by atoms with van der Waals surface area (Å²) in [5, 5.41) is 17.6. The van der Waals surface area contributed by atoms with Crippen molar-refractivity contribution in [3.8, 4) is 23.6 Å². The average Bonchev–Trinajstić information content (AvgIpc) is 2.41. The van der Waals surface area contributed by atoms with Crippen LogP contribution in [0.25, 0.3) is 0 Å². The van der Waals surface area contributed by atoms with Gasteiger partial charge in [0, 0.05) is 0 Å². The number of halogens is 1. The van der Waals surface area contributed by atoms with E-state index in [0.29, 0.717) is 5.56 Å². The second-order valence-electron chi connectivity index (χ2n) is 3.69. The number of nitrogens with zero attached hydrogens (tertiary/aromatic N) is 2. The van der Waals surface area contributed by atoms with E-state index in [9.17, 15) is 4.39 Å². The van der Waals surface area contributed by atoms with E-state index in [1.807, 2.05) is 6.07 Å². The van der Waals surface area contributed by atoms with E-state index in [1.54, 1.807) is 6.07 Å². The minimum Gasteiger partial charge on any atom is -0.454 e. The Hall–Kier alpha value is -3.05. The Kier molecular flexibility index (Phi) is 3.31. The van der Waals surface area contributed by atoms with Crippen LogP contribution in [0.15, 0.2) is 36.4 Å². The molecule has 0 amide bonds. The predicted molar refractivity (Wildman–Crippen MR) is 66.8 cm³/mol. The number of benzene rings is 2. The number of nitriles is 2. The Morgan fingerprint density at radius 2 is 1.84 bits per heavy atom. The molecule has 92 valence electrons. The van der Waals surface area contributed by atoms with Crippen molar-refractivity contribution in [2.24, 2.45) is 0 Å². The Bertz CT molecular complexity index is 714. The van der Waals surface area contributed by atoms with Crippen molar-refractivity contribution in [3.63, 3.8) is 0 Å². The minimum absolute atomic E-state index is 0.0823. The van der Waals surface area contributed by atoms with Crippen LogP contribution in [-0.4, -0.2) is 0 Å². The summed E-state index contributed by atoms with van der Waals surface area (Å²) in [5.74, 6) is -0.313. The lowest BCUT2D eigenvalue weighted by Gasteiger charge is -2.10. The monoisotopic (exact) mass is 253 g/mol. The molecule has 0 heterocycles. The van der Waals surface area contributed by atoms with Crippen molar-refractivity contribution in [3.05, 3.63) is 53.3 Å². The molecule has 0 spiro atoms. The van der Waals surface area contributed by atoms with Gasteiger partial charge in [-0.2, -0.15) is 10.5 Å². The third kappa shape index (κ3) is 2.46. The lowest BCUT2D eigenvalue weighted by Crippen LogP contribution is -1.95. The second kappa shape index (κ2) is 5.07. The summed E-state index contributed by atoms with van der Waals surface area (Å²) >= 11 is 0. The molecule has 0 unspecified atom stereocenters. The molecule has 4 nitrogen and oxygen atoms in total. The molecule has 0 atom stereocenters. The van der Waals surface area contributed by atoms with Crippen LogP contribution in [0.1, 0.15) is 11.1 Å². The largest absolute Gasteiger partial charge is 0.454 e. The number of nitrogens with two attached hydrogens (primary N) is 1. The van der Waals surface area contributed by atoms with E-state index in [-0.39, 0.29) is 22.7 Å². The van der Waals surface area contributed by atoms with Gasteiger partial charge in [-0.05, 0) is 30.3 Å². The highest BCUT2D eigenvalue weighted by atomic mass is 19.1. The molecule has 2 aromatic carbocycles. The number of hydrogen-bond donors (Lipinski definition) is 1. The van der Waals surface area contributed by atoms with Gasteiger partial charge in [-0.3, -0.25) is 0 Å². The van der Waals surface area contributed by atoms with Gasteiger partial charge in [0.05, 0.1) is 17.3 Å². The molecule has 2 rings (SSSR count). The molecule has 19 heavy (non-hydrogen) atoms. The van der Waals surface area contributed by atoms with Gasteiger partial charge >= 0.3 is 0 Å². The van der Waals surface area contributed by atoms with Crippen LogP contribution < -0.4 is 10.5 Å². The first-order valence-corrected chi connectivity index (χ1v) is 5.32. The summed E-state index contributed by atoms with van der Waals surface area (Å²) in [6.07, 6.45) is 0. The Balaban J connectivity index is 2.41. The maximum absolute atomic E-state index is 13.4. The summed E-state index contributed by atoms with van der Waals surface area (Å²) in [7, 11) is 0. The quantitative estimate of drug-likeness (QED) is 0.834. The normalized spacial score (nSPS) is 9.42. The summed E-state index contributed by atoms with van der Waals surface area (Å²) < 4.78 is 18.8. The summed E-state index contributed by atoms with van der Waals surface area (Å²) in [4.78, 5) is 0. The highest BCUT2D eigenvalue weighted by Crippen LogP contribution is 2.30. The van der Waals surface area contributed by atoms with Gasteiger partial charge in [-0.15, -0.1) is 0 Å². The summed E-state index contributed by atoms with van der Waals surface area (Å²) in [6.45, 7) is 0. The third-order valence-corrected chi connectivity index (χ3v) is 2.45. The minimum atomic E-state index is -0.660. The van der Waals surface area contributed by atoms with Crippen LogP contribution >= 0.6 is 0 Å². The molecular weight excluding hydrogens is 245 g/mol. The molecule has 0 radical (unpaired) electrons. The molecule has 0 fully saturated rings. The molecule has 0 saturated heterocycles. The molecule has 2 N–H and O–H groups in total. The zero-order valence-electron chi connectivity index (χ0n) is 9.72. The van der Waals surface area contributed by atoms with Gasteiger partial charge in [0.25, 0.3) is 0 Å². The Labute approximate surface area is 109 Å². The molecule has 2 aromatic rings. The van der Waals surface area contributed by atoms with Crippen molar-refractivity contribution in [1.82, 2.24) is 0 Å². The van der Waals surface area contributed by atoms with Gasteiger partial charge in [0.2, 0.25) is 0 Å². The fourth-order valence-corrected chi connectivity index (χ4v) is 1.53. The first-order valence-electron chi connectivity index (χ1n) is 5.32. The van der Waals surface area contributed by atoms with Crippen LogP contribution in [0.2, 0.25) is 0 Å². The molecule has 0 aromatic heterocycles. The molecule has 5 heteroatoms. The highest BCUT2D eigenvalue weighted by molar-refractivity contribution is 5.58. The van der Waals surface area contributed by atoms with E-state index in [2.05, 4.69) is 0 Å². The second-order valence-corrected chi connectivity index (χ2v) is 3.69. The Morgan fingerprint density at radius 3 is 2.47 bits per heavy atom. The number of nitrogen functional groups attached to an aromatic ring is 1. The molecule has 0 aliphatic carbocycles. The number of rotatable bonds is 2. The van der Waals surface area contributed by atoms with Crippen LogP contribution in [0.4, 0.5) is 10.1 Å². The molecular formula is C14H8FN3O. The van der Waals surface area contributed by atoms with Crippen molar-refractivity contribution in [1.29, 1.82) is 10.5 Å². The fourth-order valence-electron chi connectivity index (χ4n) is 1.53. The van der Waals surface area contributed by atoms with Crippen molar-refractivity contribution in [2.45, 2.75) is 0 Å². The topological polar surface area (TPSA) is 82.8 Å². The van der Waals surface area contributed by atoms with Crippen molar-refractivity contribution < 1.29 is 9.13 Å². The lowest BCUT2D eigenvalue weighted by molar-refractivity contribution is 0.476. The number of hydrogen-bond acceptors (Lipinski definition) is 4. The highest BCUT2D eigenvalue weighted by Gasteiger charge is 2.11. The maximum Gasteiger partial charge on any atom is 0.150 e. The summed E-state index contributed by atoms with van der Waals surface area (Å²) in [5.41, 5.74) is 6.17. The molecule has 0 aliphatic rings. The van der Waals surface area contributed by atoms with Crippen LogP contribution in [0.5, 0.6) is 11.5 Å². The maximum atomic E-state index is 13.4. The first-order chi connectivity index (χ1) is 9.15. The molecule has 0 saturated carbocycles. The zero-order chi connectivity index (χ0) is 13.8. The SMILES string of the molecule is N#Cc1ccc(Oc2cccc(F)c2C#N)c(N)c1. The van der Waals surface area contributed by atoms with E-state index < -0.39 is 5.82 Å². The van der Waals surface area contributed by atoms with Gasteiger partial charge in [0.1, 0.15) is 28.9 Å². The fraction of sp³-hybridized carbons (Fsp3) is 0. The van der Waals surface area contributed by atoms with Crippen LogP contribution in [0, 0.1) is 28.5 Å². The number of ether oxygens (including phenoxy) is 1. The Morgan fingerprint density at radius 1 is 1.05 bits per heavy atom. The van der Waals surface area contributed by atoms with Gasteiger partial charge in [-0.25, -0.2) is 4.39 Å². The van der Waals surface area contributed by atoms with Crippen LogP contribution in [0.3, 0.4) is 0 Å². The predicted octanol–water partition coefficient (Wildman–Crippen LogP) is 2.94. The first kappa shape index (κ1) is 12.4. The zero-order valence-corrected chi connectivity index (χ0v) is 9.72. The lowest BCUT2D eigenvalue weighted by atomic mass is 10.2. The van der Waals surface area contributed by atoms with Crippen molar-refractivity contribution >= 4 is 5.69 Å². The summed E-state index contributed by atoms with van der Waals surface area (Å²) in [6, 6.07) is 12.2. The van der Waals surface area contributed by atoms with Gasteiger partial charge in [0.15, 0.2) is 0 Å². The average molecular weight is 253 g/mol. The third-order valence-electron chi connectivity index (χ3n) is 2.45. The number of anilines is 1. The van der Waals surface area contributed by atoms with E-state index >= 15 is 0 Å². The van der Waals surface area contributed by atoms with Gasteiger partial charge in [-0.1, -0.05) is 6.07 Å². The van der Waals surface area contributed by atoms with Crippen molar-refractivity contribution in [2.75, 3.05) is 5.73 Å².